The highest BCUT2D eigenvalue weighted by atomic mass is 16.5. The van der Waals surface area contributed by atoms with Crippen LogP contribution in [0.3, 0.4) is 0 Å². The van der Waals surface area contributed by atoms with Gasteiger partial charge in [0, 0.05) is 32.7 Å². The molecule has 0 aliphatic rings. The molecule has 1 aromatic heterocycles. The van der Waals surface area contributed by atoms with Crippen LogP contribution in [0.1, 0.15) is 19.2 Å². The van der Waals surface area contributed by atoms with Gasteiger partial charge in [-0.3, -0.25) is 4.79 Å². The van der Waals surface area contributed by atoms with Gasteiger partial charge < -0.3 is 20.8 Å². The highest BCUT2D eigenvalue weighted by Crippen LogP contribution is 2.11. The molecule has 0 aromatic carbocycles. The summed E-state index contributed by atoms with van der Waals surface area (Å²) in [7, 11) is 1.60. The first-order chi connectivity index (χ1) is 9.19. The smallest absolute Gasteiger partial charge is 0.221 e. The Morgan fingerprint density at radius 2 is 2.16 bits per heavy atom. The van der Waals surface area contributed by atoms with Crippen LogP contribution in [0.5, 0.6) is 0 Å². The fourth-order valence-corrected chi connectivity index (χ4v) is 1.35. The largest absolute Gasteiger partial charge is 0.374 e. The van der Waals surface area contributed by atoms with E-state index in [0.29, 0.717) is 43.6 Å². The number of aromatic nitrogens is 2. The number of carbonyl (C=O) groups excluding carboxylic acids is 1. The number of carbonyl (C=O) groups is 1. The molecule has 0 aliphatic carbocycles. The number of nitrogens with two attached hydrogens (primary N) is 1. The van der Waals surface area contributed by atoms with Crippen LogP contribution in [-0.2, 0) is 16.1 Å². The minimum absolute atomic E-state index is 0.0340. The van der Waals surface area contributed by atoms with E-state index < -0.39 is 0 Å². The zero-order chi connectivity index (χ0) is 14.1. The summed E-state index contributed by atoms with van der Waals surface area (Å²) in [6.07, 6.45) is 0.368. The molecule has 0 unspecified atom stereocenters. The number of nitrogen functional groups attached to an aromatic ring is 1. The van der Waals surface area contributed by atoms with Crippen molar-refractivity contribution in [2.75, 3.05) is 30.9 Å². The van der Waals surface area contributed by atoms with Crippen LogP contribution in [0.25, 0.3) is 0 Å². The Morgan fingerprint density at radius 1 is 1.42 bits per heavy atom. The second-order valence-electron chi connectivity index (χ2n) is 3.69. The van der Waals surface area contributed by atoms with Gasteiger partial charge in [0.15, 0.2) is 5.82 Å². The van der Waals surface area contributed by atoms with Crippen LogP contribution in [0, 0.1) is 0 Å². The molecule has 0 saturated heterocycles. The first kappa shape index (κ1) is 15.1. The lowest BCUT2D eigenvalue weighted by molar-refractivity contribution is -0.120. The Labute approximate surface area is 112 Å². The van der Waals surface area contributed by atoms with Gasteiger partial charge in [0.25, 0.3) is 0 Å². The number of hydrazine groups is 1. The molecule has 0 fully saturated rings. The van der Waals surface area contributed by atoms with E-state index in [0.717, 1.165) is 0 Å². The molecule has 1 aromatic rings. The molecular weight excluding hydrogens is 248 g/mol. The maximum atomic E-state index is 11.1. The molecule has 0 saturated carbocycles. The van der Waals surface area contributed by atoms with Crippen LogP contribution in [0.4, 0.5) is 11.6 Å². The molecule has 0 bridgehead atoms. The summed E-state index contributed by atoms with van der Waals surface area (Å²) < 4.78 is 5.25. The SMILES string of the molecule is CCOCc1nc(NN)cc(NCCC(=O)NC)n1. The number of rotatable bonds is 8. The van der Waals surface area contributed by atoms with E-state index >= 15 is 0 Å². The average Bonchev–Trinajstić information content (AvgIpc) is 2.44. The fourth-order valence-electron chi connectivity index (χ4n) is 1.35. The Kier molecular flexibility index (Phi) is 6.55. The van der Waals surface area contributed by atoms with Crippen molar-refractivity contribution in [1.29, 1.82) is 0 Å². The van der Waals surface area contributed by atoms with E-state index in [1.807, 2.05) is 6.92 Å². The second kappa shape index (κ2) is 8.22. The molecule has 1 rings (SSSR count). The maximum Gasteiger partial charge on any atom is 0.221 e. The van der Waals surface area contributed by atoms with E-state index in [-0.39, 0.29) is 5.91 Å². The minimum atomic E-state index is -0.0340. The summed E-state index contributed by atoms with van der Waals surface area (Å²) in [5.41, 5.74) is 2.47. The molecule has 0 radical (unpaired) electrons. The van der Waals surface area contributed by atoms with Gasteiger partial charge in [-0.25, -0.2) is 15.8 Å². The third kappa shape index (κ3) is 5.49. The monoisotopic (exact) mass is 268 g/mol. The summed E-state index contributed by atoms with van der Waals surface area (Å²) >= 11 is 0. The molecule has 1 amide bonds. The van der Waals surface area contributed by atoms with Gasteiger partial charge in [-0.1, -0.05) is 0 Å². The standard InChI is InChI=1S/C11H20N6O2/c1-3-19-7-10-15-8(6-9(16-10)17-12)14-5-4-11(18)13-2/h6H,3-5,7,12H2,1-2H3,(H,13,18)(H2,14,15,16,17). The van der Waals surface area contributed by atoms with Gasteiger partial charge in [-0.05, 0) is 6.92 Å². The van der Waals surface area contributed by atoms with Crippen LogP contribution in [0.15, 0.2) is 6.07 Å². The summed E-state index contributed by atoms with van der Waals surface area (Å²) in [5.74, 6) is 6.93. The summed E-state index contributed by atoms with van der Waals surface area (Å²) in [5, 5.41) is 5.59. The Bertz CT molecular complexity index is 412. The number of amides is 1. The van der Waals surface area contributed by atoms with Gasteiger partial charge >= 0.3 is 0 Å². The molecule has 1 heterocycles. The van der Waals surface area contributed by atoms with Crippen molar-refractivity contribution in [2.24, 2.45) is 5.84 Å². The third-order valence-electron chi connectivity index (χ3n) is 2.29. The van der Waals surface area contributed by atoms with Crippen molar-refractivity contribution in [3.05, 3.63) is 11.9 Å². The second-order valence-corrected chi connectivity index (χ2v) is 3.69. The topological polar surface area (TPSA) is 114 Å². The molecule has 0 spiro atoms. The molecule has 8 heteroatoms. The molecule has 106 valence electrons. The molecule has 0 atom stereocenters. The van der Waals surface area contributed by atoms with E-state index in [4.69, 9.17) is 10.6 Å². The third-order valence-corrected chi connectivity index (χ3v) is 2.29. The molecule has 5 N–H and O–H groups in total. The number of nitrogens with zero attached hydrogens (tertiary/aromatic N) is 2. The van der Waals surface area contributed by atoms with Gasteiger partial charge in [0.2, 0.25) is 5.91 Å². The highest BCUT2D eigenvalue weighted by molar-refractivity contribution is 5.76. The number of hydrogen-bond donors (Lipinski definition) is 4. The summed E-state index contributed by atoms with van der Waals surface area (Å²) in [6.45, 7) is 3.28. The Balaban J connectivity index is 2.62. The van der Waals surface area contributed by atoms with Gasteiger partial charge in [0.1, 0.15) is 18.2 Å². The van der Waals surface area contributed by atoms with E-state index in [9.17, 15) is 4.79 Å². The first-order valence-corrected chi connectivity index (χ1v) is 6.06. The number of ether oxygens (including phenoxy) is 1. The normalized spacial score (nSPS) is 10.1. The van der Waals surface area contributed by atoms with Crippen LogP contribution < -0.4 is 21.9 Å². The summed E-state index contributed by atoms with van der Waals surface area (Å²) in [6, 6.07) is 1.67. The van der Waals surface area contributed by atoms with Crippen LogP contribution in [-0.4, -0.2) is 36.1 Å². The van der Waals surface area contributed by atoms with Gasteiger partial charge in [0.05, 0.1) is 0 Å². The van der Waals surface area contributed by atoms with Crippen LogP contribution in [0.2, 0.25) is 0 Å². The van der Waals surface area contributed by atoms with Gasteiger partial charge in [-0.2, -0.15) is 0 Å². The summed E-state index contributed by atoms with van der Waals surface area (Å²) in [4.78, 5) is 19.5. The van der Waals surface area contributed by atoms with Gasteiger partial charge in [-0.15, -0.1) is 0 Å². The molecule has 8 nitrogen and oxygen atoms in total. The Morgan fingerprint density at radius 3 is 2.79 bits per heavy atom. The zero-order valence-corrected chi connectivity index (χ0v) is 11.2. The van der Waals surface area contributed by atoms with Crippen molar-refractivity contribution < 1.29 is 9.53 Å². The number of nitrogens with one attached hydrogen (secondary N) is 3. The molecule has 19 heavy (non-hydrogen) atoms. The lowest BCUT2D eigenvalue weighted by Crippen LogP contribution is -2.21. The maximum absolute atomic E-state index is 11.1. The van der Waals surface area contributed by atoms with Crippen LogP contribution >= 0.6 is 0 Å². The number of anilines is 2. The minimum Gasteiger partial charge on any atom is -0.374 e. The average molecular weight is 268 g/mol. The first-order valence-electron chi connectivity index (χ1n) is 6.06. The lowest BCUT2D eigenvalue weighted by Gasteiger charge is -2.09. The van der Waals surface area contributed by atoms with Crippen molar-refractivity contribution >= 4 is 17.5 Å². The highest BCUT2D eigenvalue weighted by Gasteiger charge is 2.05. The van der Waals surface area contributed by atoms with E-state index in [2.05, 4.69) is 26.0 Å². The fraction of sp³-hybridized carbons (Fsp3) is 0.545. The Hall–Kier alpha value is -1.93. The zero-order valence-electron chi connectivity index (χ0n) is 11.2. The molecule has 0 aliphatic heterocycles. The lowest BCUT2D eigenvalue weighted by atomic mass is 10.4. The molecular formula is C11H20N6O2. The van der Waals surface area contributed by atoms with Crippen molar-refractivity contribution in [2.45, 2.75) is 20.0 Å². The van der Waals surface area contributed by atoms with Crippen molar-refractivity contribution in [3.8, 4) is 0 Å². The quantitative estimate of drug-likeness (QED) is 0.383. The van der Waals surface area contributed by atoms with Crippen molar-refractivity contribution in [3.63, 3.8) is 0 Å². The number of hydrogen-bond acceptors (Lipinski definition) is 7. The predicted molar refractivity (Wildman–Crippen MR) is 72.3 cm³/mol. The predicted octanol–water partition coefficient (Wildman–Crippen LogP) is -0.153. The van der Waals surface area contributed by atoms with Crippen molar-refractivity contribution in [1.82, 2.24) is 15.3 Å². The van der Waals surface area contributed by atoms with E-state index in [1.165, 1.54) is 0 Å². The van der Waals surface area contributed by atoms with E-state index in [1.54, 1.807) is 13.1 Å².